The van der Waals surface area contributed by atoms with Crippen molar-refractivity contribution in [3.8, 4) is 0 Å². The van der Waals surface area contributed by atoms with Crippen molar-refractivity contribution in [3.63, 3.8) is 0 Å². The van der Waals surface area contributed by atoms with Crippen LogP contribution >= 0.6 is 0 Å². The third-order valence-electron chi connectivity index (χ3n) is 7.01. The molecule has 14 heteroatoms. The van der Waals surface area contributed by atoms with Crippen LogP contribution in [0.1, 0.15) is 25.7 Å². The Labute approximate surface area is 248 Å². The van der Waals surface area contributed by atoms with Gasteiger partial charge < -0.3 is 38.6 Å². The van der Waals surface area contributed by atoms with Gasteiger partial charge in [0.05, 0.1) is 0 Å². The van der Waals surface area contributed by atoms with E-state index in [1.54, 1.807) is 0 Å². The molecule has 0 amide bonds. The maximum Gasteiger partial charge on any atom is 0.348 e. The van der Waals surface area contributed by atoms with Crippen LogP contribution in [0, 0.1) is 0 Å². The topological polar surface area (TPSA) is 198 Å². The molecular weight excluding hydrogens is 584 g/mol. The summed E-state index contributed by atoms with van der Waals surface area (Å²) in [7, 11) is 0. The number of cyclic esters (lactones) is 2. The molecule has 3 fully saturated rings. The second-order valence-electron chi connectivity index (χ2n) is 9.90. The van der Waals surface area contributed by atoms with Gasteiger partial charge in [0, 0.05) is 25.7 Å². The minimum Gasteiger partial charge on any atom is -0.508 e. The first-order chi connectivity index (χ1) is 21.0. The van der Waals surface area contributed by atoms with Gasteiger partial charge in [-0.3, -0.25) is 0 Å². The fourth-order valence-corrected chi connectivity index (χ4v) is 4.67. The number of allylic oxidation sites excluding steroid dienone is 8. The average molecular weight is 609 g/mol. The molecule has 2 N–H and O–H groups in total. The average Bonchev–Trinajstić information content (AvgIpc) is 3.47. The molecule has 1 saturated carbocycles. The van der Waals surface area contributed by atoms with Gasteiger partial charge in [0.25, 0.3) is 11.6 Å². The first-order valence-electron chi connectivity index (χ1n) is 13.2. The summed E-state index contributed by atoms with van der Waals surface area (Å²) in [6.07, 6.45) is 12.8. The number of carbonyl (C=O) groups is 6. The number of hydrogen-bond donors (Lipinski definition) is 2. The van der Waals surface area contributed by atoms with Crippen molar-refractivity contribution in [2.75, 3.05) is 13.2 Å². The zero-order valence-electron chi connectivity index (χ0n) is 22.8. The lowest BCUT2D eigenvalue weighted by Gasteiger charge is -2.45. The van der Waals surface area contributed by atoms with Crippen LogP contribution in [-0.4, -0.2) is 70.8 Å². The molecule has 228 valence electrons. The predicted octanol–water partition coefficient (Wildman–Crippen LogP) is 1.97. The van der Waals surface area contributed by atoms with Gasteiger partial charge in [0.2, 0.25) is 0 Å². The van der Waals surface area contributed by atoms with Gasteiger partial charge in [-0.2, -0.15) is 0 Å². The fourth-order valence-electron chi connectivity index (χ4n) is 4.67. The maximum atomic E-state index is 12.6. The summed E-state index contributed by atoms with van der Waals surface area (Å²) < 4.78 is 31.1. The van der Waals surface area contributed by atoms with E-state index in [0.717, 1.165) is 0 Å². The second-order valence-corrected chi connectivity index (χ2v) is 9.90. The molecule has 0 unspecified atom stereocenters. The number of aliphatic hydroxyl groups excluding tert-OH is 2. The molecule has 2 spiro atoms. The Bertz CT molecular complexity index is 1420. The first kappa shape index (κ1) is 29.8. The highest BCUT2D eigenvalue weighted by atomic mass is 16.8. The van der Waals surface area contributed by atoms with Crippen molar-refractivity contribution in [2.45, 2.75) is 37.3 Å². The van der Waals surface area contributed by atoms with Crippen LogP contribution < -0.4 is 0 Å². The summed E-state index contributed by atoms with van der Waals surface area (Å²) in [5, 5.41) is 19.1. The maximum absolute atomic E-state index is 12.6. The molecule has 2 saturated heterocycles. The second kappa shape index (κ2) is 11.9. The summed E-state index contributed by atoms with van der Waals surface area (Å²) in [6, 6.07) is 0. The van der Waals surface area contributed by atoms with E-state index in [1.807, 2.05) is 0 Å². The molecule has 0 aromatic carbocycles. The molecule has 0 radical (unpaired) electrons. The Hall–Kier alpha value is -5.66. The fraction of sp³-hybridized carbons (Fsp3) is 0.267. The minimum absolute atomic E-state index is 0.00639. The Morgan fingerprint density at radius 3 is 1.11 bits per heavy atom. The highest BCUT2D eigenvalue weighted by Crippen LogP contribution is 2.45. The van der Waals surface area contributed by atoms with E-state index in [2.05, 4.69) is 9.47 Å². The molecule has 0 aromatic heterocycles. The molecule has 5 rings (SSSR count). The van der Waals surface area contributed by atoms with E-state index in [9.17, 15) is 39.0 Å². The van der Waals surface area contributed by atoms with Crippen LogP contribution in [0.25, 0.3) is 0 Å². The number of rotatable bonds is 6. The normalized spacial score (nSPS) is 27.6. The monoisotopic (exact) mass is 608 g/mol. The van der Waals surface area contributed by atoms with Crippen LogP contribution in [-0.2, 0) is 57.2 Å². The molecule has 0 atom stereocenters. The lowest BCUT2D eigenvalue weighted by molar-refractivity contribution is -0.291. The van der Waals surface area contributed by atoms with Crippen LogP contribution in [0.15, 0.2) is 94.6 Å². The quantitative estimate of drug-likeness (QED) is 0.146. The van der Waals surface area contributed by atoms with Gasteiger partial charge in [0.15, 0.2) is 0 Å². The molecular formula is C30H24O14. The Kier molecular flexibility index (Phi) is 8.07. The standard InChI is InChI=1S/C30H24O14/c31-21-15-39-23(33)17(21)7-3-1-5-9-19-25(35)41-29(42-26(19)36)11-13-30(14-12-29)43-27(37)20(28(38)44-30)10-6-2-4-8-18-22(32)16-40-24(18)34/h1-10,31-32H,11-16H2/b5-1+,6-2+,7-3+,8-4+,19-9?,20-10?. The van der Waals surface area contributed by atoms with Crippen LogP contribution in [0.4, 0.5) is 0 Å². The molecule has 4 aliphatic heterocycles. The van der Waals surface area contributed by atoms with Crippen molar-refractivity contribution in [3.05, 3.63) is 94.6 Å². The summed E-state index contributed by atoms with van der Waals surface area (Å²) in [4.78, 5) is 73.5. The van der Waals surface area contributed by atoms with E-state index in [-0.39, 0.29) is 72.7 Å². The largest absolute Gasteiger partial charge is 0.508 e. The Balaban J connectivity index is 1.15. The number of esters is 6. The molecule has 4 heterocycles. The third-order valence-corrected chi connectivity index (χ3v) is 7.01. The Morgan fingerprint density at radius 2 is 0.818 bits per heavy atom. The highest BCUT2D eigenvalue weighted by molar-refractivity contribution is 6.16. The van der Waals surface area contributed by atoms with Crippen molar-refractivity contribution in [1.29, 1.82) is 0 Å². The van der Waals surface area contributed by atoms with Crippen LogP contribution in [0.3, 0.4) is 0 Å². The van der Waals surface area contributed by atoms with Gasteiger partial charge in [-0.1, -0.05) is 36.5 Å². The summed E-state index contributed by atoms with van der Waals surface area (Å²) in [5.74, 6) is -8.79. The van der Waals surface area contributed by atoms with Crippen molar-refractivity contribution in [1.82, 2.24) is 0 Å². The van der Waals surface area contributed by atoms with Gasteiger partial charge in [-0.25, -0.2) is 28.8 Å². The zero-order valence-corrected chi connectivity index (χ0v) is 22.8. The number of ether oxygens (including phenoxy) is 6. The van der Waals surface area contributed by atoms with E-state index < -0.39 is 47.4 Å². The first-order valence-corrected chi connectivity index (χ1v) is 13.2. The van der Waals surface area contributed by atoms with Gasteiger partial charge in [-0.05, 0) is 24.3 Å². The molecule has 1 aliphatic carbocycles. The summed E-state index contributed by atoms with van der Waals surface area (Å²) in [6.45, 7) is -0.415. The molecule has 14 nitrogen and oxygen atoms in total. The van der Waals surface area contributed by atoms with Crippen molar-refractivity contribution in [2.24, 2.45) is 0 Å². The zero-order chi connectivity index (χ0) is 31.5. The van der Waals surface area contributed by atoms with Crippen LogP contribution in [0.2, 0.25) is 0 Å². The summed E-state index contributed by atoms with van der Waals surface area (Å²) in [5.41, 5.74) is -0.776. The number of hydrogen-bond acceptors (Lipinski definition) is 14. The molecule has 0 aromatic rings. The lowest BCUT2D eigenvalue weighted by Crippen LogP contribution is -2.56. The highest BCUT2D eigenvalue weighted by Gasteiger charge is 2.56. The SMILES string of the molecule is O=C1OC2(CCC3(CC2)OC(=O)C(=C/C=C/C=C/C2=C(O)COC2=O)C(=O)O3)OC(=O)C1=C/C=C/C=C/C1=C(O)COC1=O. The van der Waals surface area contributed by atoms with Gasteiger partial charge >= 0.3 is 35.8 Å². The Morgan fingerprint density at radius 1 is 0.477 bits per heavy atom. The molecule has 5 aliphatic rings. The number of carbonyl (C=O) groups excluding carboxylic acids is 6. The lowest BCUT2D eigenvalue weighted by atomic mass is 9.87. The van der Waals surface area contributed by atoms with E-state index in [4.69, 9.17) is 18.9 Å². The molecule has 0 bridgehead atoms. The van der Waals surface area contributed by atoms with Crippen molar-refractivity contribution >= 4 is 35.8 Å². The predicted molar refractivity (Wildman–Crippen MR) is 142 cm³/mol. The number of aliphatic hydroxyl groups is 2. The van der Waals surface area contributed by atoms with E-state index in [0.29, 0.717) is 0 Å². The minimum atomic E-state index is -1.63. The smallest absolute Gasteiger partial charge is 0.348 e. The van der Waals surface area contributed by atoms with E-state index in [1.165, 1.54) is 60.8 Å². The van der Waals surface area contributed by atoms with Crippen LogP contribution in [0.5, 0.6) is 0 Å². The van der Waals surface area contributed by atoms with E-state index >= 15 is 0 Å². The van der Waals surface area contributed by atoms with Crippen molar-refractivity contribution < 1.29 is 67.4 Å². The molecule has 44 heavy (non-hydrogen) atoms. The van der Waals surface area contributed by atoms with Gasteiger partial charge in [-0.15, -0.1) is 0 Å². The van der Waals surface area contributed by atoms with Gasteiger partial charge in [0.1, 0.15) is 47.0 Å². The third kappa shape index (κ3) is 6.09. The summed E-state index contributed by atoms with van der Waals surface area (Å²) >= 11 is 0.